The van der Waals surface area contributed by atoms with Gasteiger partial charge in [-0.25, -0.2) is 4.39 Å². The standard InChI is InChI=1S/C20H24FN3O3/c21-14-4-5-16-17(11-19(25)22-18(16)10-14)20(26)24-8-3-9-27-15(13-24)12-23-6-1-2-7-23/h4-5,10-11,15H,1-3,6-9,12-13H2,(H,22,25)/t15-/m1/s1. The molecule has 0 unspecified atom stereocenters. The molecule has 0 radical (unpaired) electrons. The van der Waals surface area contributed by atoms with Crippen molar-refractivity contribution in [1.29, 1.82) is 0 Å². The van der Waals surface area contributed by atoms with E-state index in [0.717, 1.165) is 26.1 Å². The molecule has 7 heteroatoms. The molecule has 0 aliphatic carbocycles. The highest BCUT2D eigenvalue weighted by molar-refractivity contribution is 6.06. The number of hydrogen-bond acceptors (Lipinski definition) is 4. The monoisotopic (exact) mass is 373 g/mol. The van der Waals surface area contributed by atoms with Crippen molar-refractivity contribution >= 4 is 16.8 Å². The van der Waals surface area contributed by atoms with E-state index in [1.807, 2.05) is 0 Å². The van der Waals surface area contributed by atoms with E-state index in [1.165, 1.54) is 31.0 Å². The van der Waals surface area contributed by atoms with E-state index in [-0.39, 0.29) is 12.0 Å². The van der Waals surface area contributed by atoms with Crippen LogP contribution in [0, 0.1) is 5.82 Å². The third-order valence-corrected chi connectivity index (χ3v) is 5.33. The highest BCUT2D eigenvalue weighted by atomic mass is 19.1. The lowest BCUT2D eigenvalue weighted by Crippen LogP contribution is -2.42. The summed E-state index contributed by atoms with van der Waals surface area (Å²) in [5.74, 6) is -0.647. The lowest BCUT2D eigenvalue weighted by atomic mass is 10.1. The first kappa shape index (κ1) is 18.1. The van der Waals surface area contributed by atoms with Crippen LogP contribution in [-0.4, -0.2) is 66.1 Å². The zero-order valence-electron chi connectivity index (χ0n) is 15.2. The number of likely N-dealkylation sites (tertiary alicyclic amines) is 1. The Morgan fingerprint density at radius 2 is 2.00 bits per heavy atom. The Balaban J connectivity index is 1.59. The maximum Gasteiger partial charge on any atom is 0.254 e. The van der Waals surface area contributed by atoms with Gasteiger partial charge in [0.15, 0.2) is 0 Å². The van der Waals surface area contributed by atoms with Gasteiger partial charge in [-0.1, -0.05) is 0 Å². The van der Waals surface area contributed by atoms with Crippen LogP contribution in [0.15, 0.2) is 29.1 Å². The van der Waals surface area contributed by atoms with Crippen molar-refractivity contribution in [2.75, 3.05) is 39.3 Å². The van der Waals surface area contributed by atoms with E-state index < -0.39 is 11.4 Å². The summed E-state index contributed by atoms with van der Waals surface area (Å²) in [6.45, 7) is 4.71. The molecule has 4 rings (SSSR count). The Labute approximate surface area is 156 Å². The third kappa shape index (κ3) is 4.04. The van der Waals surface area contributed by atoms with Crippen LogP contribution in [0.25, 0.3) is 10.9 Å². The average Bonchev–Trinajstić information content (AvgIpc) is 3.04. The molecular formula is C20H24FN3O3. The van der Waals surface area contributed by atoms with Crippen LogP contribution in [0.1, 0.15) is 29.6 Å². The van der Waals surface area contributed by atoms with Gasteiger partial charge in [-0.05, 0) is 50.6 Å². The SMILES string of the molecule is O=C(c1cc(=O)[nH]c2cc(F)ccc12)N1CCCO[C@H](CN2CCCC2)C1. The molecule has 0 spiro atoms. The second-order valence-electron chi connectivity index (χ2n) is 7.34. The summed E-state index contributed by atoms with van der Waals surface area (Å²) in [4.78, 5) is 31.9. The van der Waals surface area contributed by atoms with Crippen molar-refractivity contribution in [3.8, 4) is 0 Å². The van der Waals surface area contributed by atoms with Crippen LogP contribution in [0.5, 0.6) is 0 Å². The van der Waals surface area contributed by atoms with Gasteiger partial charge >= 0.3 is 0 Å². The minimum absolute atomic E-state index is 0.0275. The molecule has 144 valence electrons. The van der Waals surface area contributed by atoms with Crippen molar-refractivity contribution < 1.29 is 13.9 Å². The first-order chi connectivity index (χ1) is 13.1. The summed E-state index contributed by atoms with van der Waals surface area (Å²) >= 11 is 0. The number of carbonyl (C=O) groups excluding carboxylic acids is 1. The van der Waals surface area contributed by atoms with E-state index in [9.17, 15) is 14.0 Å². The summed E-state index contributed by atoms with van der Waals surface area (Å²) in [7, 11) is 0. The fourth-order valence-electron chi connectivity index (χ4n) is 4.02. The number of benzene rings is 1. The molecule has 27 heavy (non-hydrogen) atoms. The first-order valence-corrected chi connectivity index (χ1v) is 9.56. The molecule has 0 bridgehead atoms. The number of nitrogens with zero attached hydrogens (tertiary/aromatic N) is 2. The predicted molar refractivity (Wildman–Crippen MR) is 100 cm³/mol. The van der Waals surface area contributed by atoms with Crippen LogP contribution in [-0.2, 0) is 4.74 Å². The first-order valence-electron chi connectivity index (χ1n) is 9.56. The van der Waals surface area contributed by atoms with Crippen molar-refractivity contribution in [1.82, 2.24) is 14.8 Å². The smallest absolute Gasteiger partial charge is 0.254 e. The lowest BCUT2D eigenvalue weighted by Gasteiger charge is -2.27. The molecule has 0 saturated carbocycles. The van der Waals surface area contributed by atoms with Gasteiger partial charge in [-0.15, -0.1) is 0 Å². The van der Waals surface area contributed by atoms with Crippen LogP contribution < -0.4 is 5.56 Å². The number of fused-ring (bicyclic) bond motifs is 1. The molecule has 1 amide bonds. The number of aromatic amines is 1. The number of carbonyl (C=O) groups is 1. The molecule has 6 nitrogen and oxygen atoms in total. The third-order valence-electron chi connectivity index (χ3n) is 5.33. The lowest BCUT2D eigenvalue weighted by molar-refractivity contribution is 0.0298. The summed E-state index contributed by atoms with van der Waals surface area (Å²) < 4.78 is 19.5. The maximum absolute atomic E-state index is 13.5. The van der Waals surface area contributed by atoms with Gasteiger partial charge in [0.25, 0.3) is 5.91 Å². The minimum Gasteiger partial charge on any atom is -0.375 e. The minimum atomic E-state index is -0.448. The summed E-state index contributed by atoms with van der Waals surface area (Å²) in [6.07, 6.45) is 3.16. The number of nitrogens with one attached hydrogen (secondary N) is 1. The molecule has 2 fully saturated rings. The fourth-order valence-corrected chi connectivity index (χ4v) is 4.02. The van der Waals surface area contributed by atoms with E-state index in [0.29, 0.717) is 36.2 Å². The Morgan fingerprint density at radius 3 is 2.81 bits per heavy atom. The van der Waals surface area contributed by atoms with Gasteiger partial charge in [0.1, 0.15) is 5.82 Å². The van der Waals surface area contributed by atoms with Gasteiger partial charge in [0.2, 0.25) is 5.56 Å². The number of H-pyrrole nitrogens is 1. The van der Waals surface area contributed by atoms with Crippen LogP contribution >= 0.6 is 0 Å². The normalized spacial score (nSPS) is 21.5. The quantitative estimate of drug-likeness (QED) is 0.894. The summed E-state index contributed by atoms with van der Waals surface area (Å²) in [6, 6.07) is 5.40. The average molecular weight is 373 g/mol. The zero-order chi connectivity index (χ0) is 18.8. The number of aromatic nitrogens is 1. The molecule has 1 N–H and O–H groups in total. The zero-order valence-corrected chi connectivity index (χ0v) is 15.2. The summed E-state index contributed by atoms with van der Waals surface area (Å²) in [5.41, 5.74) is 0.247. The Hall–Kier alpha value is -2.25. The fraction of sp³-hybridized carbons (Fsp3) is 0.500. The van der Waals surface area contributed by atoms with E-state index in [2.05, 4.69) is 9.88 Å². The van der Waals surface area contributed by atoms with Crippen LogP contribution in [0.3, 0.4) is 0 Å². The number of hydrogen-bond donors (Lipinski definition) is 1. The van der Waals surface area contributed by atoms with Gasteiger partial charge < -0.3 is 19.5 Å². The summed E-state index contributed by atoms with van der Waals surface area (Å²) in [5, 5.41) is 0.558. The second kappa shape index (κ2) is 7.78. The Kier molecular flexibility index (Phi) is 5.22. The highest BCUT2D eigenvalue weighted by Crippen LogP contribution is 2.20. The molecule has 2 aliphatic heterocycles. The molecule has 1 aromatic heterocycles. The predicted octanol–water partition coefficient (Wildman–Crippen LogP) is 1.99. The Bertz CT molecular complexity index is 892. The van der Waals surface area contributed by atoms with Gasteiger partial charge in [-0.2, -0.15) is 0 Å². The van der Waals surface area contributed by atoms with E-state index >= 15 is 0 Å². The van der Waals surface area contributed by atoms with Crippen molar-refractivity contribution in [3.63, 3.8) is 0 Å². The second-order valence-corrected chi connectivity index (χ2v) is 7.34. The number of pyridine rings is 1. The van der Waals surface area contributed by atoms with Gasteiger partial charge in [0.05, 0.1) is 17.2 Å². The molecule has 3 heterocycles. The highest BCUT2D eigenvalue weighted by Gasteiger charge is 2.27. The molecule has 2 aliphatic rings. The molecule has 2 aromatic rings. The van der Waals surface area contributed by atoms with E-state index in [1.54, 1.807) is 11.0 Å². The topological polar surface area (TPSA) is 65.6 Å². The van der Waals surface area contributed by atoms with Crippen molar-refractivity contribution in [2.45, 2.75) is 25.4 Å². The number of rotatable bonds is 3. The van der Waals surface area contributed by atoms with Gasteiger partial charge in [-0.3, -0.25) is 9.59 Å². The Morgan fingerprint density at radius 1 is 1.19 bits per heavy atom. The molecule has 1 aromatic carbocycles. The number of ether oxygens (including phenoxy) is 1. The van der Waals surface area contributed by atoms with Crippen molar-refractivity contribution in [3.05, 3.63) is 46.0 Å². The molecule has 2 saturated heterocycles. The number of halogens is 1. The van der Waals surface area contributed by atoms with Crippen LogP contribution in [0.4, 0.5) is 4.39 Å². The largest absolute Gasteiger partial charge is 0.375 e. The van der Waals surface area contributed by atoms with Gasteiger partial charge in [0, 0.05) is 37.7 Å². The molecular weight excluding hydrogens is 349 g/mol. The molecule has 1 atom stereocenters. The number of amides is 1. The van der Waals surface area contributed by atoms with Crippen molar-refractivity contribution in [2.24, 2.45) is 0 Å². The maximum atomic E-state index is 13.5. The van der Waals surface area contributed by atoms with E-state index in [4.69, 9.17) is 4.74 Å². The van der Waals surface area contributed by atoms with Crippen LogP contribution in [0.2, 0.25) is 0 Å².